The quantitative estimate of drug-likeness (QED) is 0.779. The third kappa shape index (κ3) is 3.89. The average molecular weight is 354 g/mol. The van der Waals surface area contributed by atoms with Gasteiger partial charge >= 0.3 is 11.9 Å². The summed E-state index contributed by atoms with van der Waals surface area (Å²) in [6.45, 7) is 8.51. The number of carbonyl (C=O) groups is 3. The summed E-state index contributed by atoms with van der Waals surface area (Å²) in [4.78, 5) is 35.5. The van der Waals surface area contributed by atoms with Gasteiger partial charge in [-0.25, -0.2) is 0 Å². The molecule has 0 saturated heterocycles. The lowest BCUT2D eigenvalue weighted by Gasteiger charge is -2.56. The Kier molecular flexibility index (Phi) is 5.62. The second kappa shape index (κ2) is 7.06. The molecule has 0 heterocycles. The van der Waals surface area contributed by atoms with Crippen molar-refractivity contribution in [2.24, 2.45) is 23.2 Å². The Labute approximate surface area is 149 Å². The minimum Gasteiger partial charge on any atom is -0.466 e. The molecule has 25 heavy (non-hydrogen) atoms. The highest BCUT2D eigenvalue weighted by atomic mass is 16.5. The average Bonchev–Trinajstić information content (AvgIpc) is 2.48. The molecule has 0 aromatic heterocycles. The summed E-state index contributed by atoms with van der Waals surface area (Å²) in [7, 11) is 0. The number of fused-ring (bicyclic) bond motifs is 1. The minimum absolute atomic E-state index is 0.0365. The normalized spacial score (nSPS) is 39.3. The molecule has 0 aromatic rings. The fourth-order valence-corrected chi connectivity index (χ4v) is 4.88. The summed E-state index contributed by atoms with van der Waals surface area (Å²) in [5.41, 5.74) is -1.78. The van der Waals surface area contributed by atoms with Crippen molar-refractivity contribution in [2.75, 3.05) is 6.61 Å². The second-order valence-corrected chi connectivity index (χ2v) is 8.23. The van der Waals surface area contributed by atoms with Crippen LogP contribution in [0.4, 0.5) is 0 Å². The van der Waals surface area contributed by atoms with Crippen LogP contribution < -0.4 is 0 Å². The summed E-state index contributed by atoms with van der Waals surface area (Å²) in [5.74, 6) is -1.20. The molecule has 0 bridgehead atoms. The lowest BCUT2D eigenvalue weighted by molar-refractivity contribution is -0.205. The van der Waals surface area contributed by atoms with Gasteiger partial charge < -0.3 is 14.6 Å². The Balaban J connectivity index is 2.36. The Morgan fingerprint density at radius 2 is 1.88 bits per heavy atom. The minimum atomic E-state index is -1.08. The molecular weight excluding hydrogens is 324 g/mol. The van der Waals surface area contributed by atoms with Gasteiger partial charge in [0.15, 0.2) is 0 Å². The van der Waals surface area contributed by atoms with Crippen LogP contribution in [0.25, 0.3) is 0 Å². The SMILES string of the molecule is CC(=O)OC[C@@H](C)[C@@H]1CC[C@@]2(C)C(=O)CC[C@@](C)(O)C2[C@H]1OC(C)=O. The Bertz CT molecular complexity index is 554. The van der Waals surface area contributed by atoms with Gasteiger partial charge in [-0.3, -0.25) is 14.4 Å². The van der Waals surface area contributed by atoms with Crippen LogP contribution in [0.15, 0.2) is 0 Å². The number of rotatable bonds is 4. The maximum Gasteiger partial charge on any atom is 0.302 e. The highest BCUT2D eigenvalue weighted by molar-refractivity contribution is 5.86. The van der Waals surface area contributed by atoms with Crippen LogP contribution >= 0.6 is 0 Å². The first kappa shape index (κ1) is 19.9. The van der Waals surface area contributed by atoms with Gasteiger partial charge in [-0.1, -0.05) is 13.8 Å². The van der Waals surface area contributed by atoms with Crippen molar-refractivity contribution in [2.45, 2.75) is 72.0 Å². The van der Waals surface area contributed by atoms with Crippen LogP contribution in [0.3, 0.4) is 0 Å². The zero-order valence-corrected chi connectivity index (χ0v) is 15.8. The molecule has 0 aromatic carbocycles. The molecule has 1 unspecified atom stereocenters. The number of hydrogen-bond donors (Lipinski definition) is 1. The number of Topliss-reactive ketones (excluding diaryl/α,β-unsaturated/α-hetero) is 1. The molecule has 0 aliphatic heterocycles. The molecule has 6 heteroatoms. The van der Waals surface area contributed by atoms with E-state index in [2.05, 4.69) is 0 Å². The van der Waals surface area contributed by atoms with Crippen molar-refractivity contribution >= 4 is 17.7 Å². The largest absolute Gasteiger partial charge is 0.466 e. The van der Waals surface area contributed by atoms with E-state index in [1.807, 2.05) is 13.8 Å². The molecule has 6 atom stereocenters. The number of ketones is 1. The lowest BCUT2D eigenvalue weighted by atomic mass is 9.51. The summed E-state index contributed by atoms with van der Waals surface area (Å²) in [6, 6.07) is 0. The van der Waals surface area contributed by atoms with Gasteiger partial charge in [0, 0.05) is 37.5 Å². The number of esters is 2. The molecule has 0 spiro atoms. The van der Waals surface area contributed by atoms with Crippen molar-refractivity contribution in [3.05, 3.63) is 0 Å². The van der Waals surface area contributed by atoms with E-state index in [9.17, 15) is 19.5 Å². The van der Waals surface area contributed by atoms with Gasteiger partial charge in [0.25, 0.3) is 0 Å². The maximum atomic E-state index is 12.6. The predicted molar refractivity (Wildman–Crippen MR) is 90.5 cm³/mol. The molecule has 2 rings (SSSR count). The first-order valence-electron chi connectivity index (χ1n) is 9.05. The molecular formula is C19H30O6. The molecule has 1 N–H and O–H groups in total. The van der Waals surface area contributed by atoms with Crippen molar-refractivity contribution < 1.29 is 29.0 Å². The number of hydrogen-bond acceptors (Lipinski definition) is 6. The molecule has 0 amide bonds. The first-order valence-corrected chi connectivity index (χ1v) is 9.05. The van der Waals surface area contributed by atoms with Crippen LogP contribution in [0.1, 0.15) is 60.3 Å². The van der Waals surface area contributed by atoms with Gasteiger partial charge in [0.2, 0.25) is 0 Å². The first-order chi connectivity index (χ1) is 11.5. The molecule has 142 valence electrons. The van der Waals surface area contributed by atoms with Crippen LogP contribution in [0.5, 0.6) is 0 Å². The van der Waals surface area contributed by atoms with Gasteiger partial charge in [0.1, 0.15) is 11.9 Å². The van der Waals surface area contributed by atoms with Crippen molar-refractivity contribution in [3.8, 4) is 0 Å². The van der Waals surface area contributed by atoms with Crippen LogP contribution in [0, 0.1) is 23.2 Å². The predicted octanol–water partition coefficient (Wildman–Crippen LogP) is 2.26. The zero-order chi connectivity index (χ0) is 19.0. The summed E-state index contributed by atoms with van der Waals surface area (Å²) in [5, 5.41) is 11.0. The Hall–Kier alpha value is -1.43. The summed E-state index contributed by atoms with van der Waals surface area (Å²) >= 11 is 0. The Morgan fingerprint density at radius 1 is 1.24 bits per heavy atom. The maximum absolute atomic E-state index is 12.6. The van der Waals surface area contributed by atoms with E-state index in [1.54, 1.807) is 6.92 Å². The number of aliphatic hydroxyl groups is 1. The molecule has 0 radical (unpaired) electrons. The van der Waals surface area contributed by atoms with Crippen molar-refractivity contribution in [3.63, 3.8) is 0 Å². The second-order valence-electron chi connectivity index (χ2n) is 8.23. The highest BCUT2D eigenvalue weighted by Crippen LogP contribution is 2.55. The van der Waals surface area contributed by atoms with Crippen molar-refractivity contribution in [1.82, 2.24) is 0 Å². The fourth-order valence-electron chi connectivity index (χ4n) is 4.88. The van der Waals surface area contributed by atoms with E-state index in [0.717, 1.165) is 0 Å². The molecule has 2 aliphatic carbocycles. The molecule has 2 aliphatic rings. The van der Waals surface area contributed by atoms with Crippen LogP contribution in [0.2, 0.25) is 0 Å². The van der Waals surface area contributed by atoms with E-state index in [1.165, 1.54) is 13.8 Å². The smallest absolute Gasteiger partial charge is 0.302 e. The monoisotopic (exact) mass is 354 g/mol. The third-order valence-corrected chi connectivity index (χ3v) is 6.18. The summed E-state index contributed by atoms with van der Waals surface area (Å²) in [6.07, 6.45) is 1.48. The highest BCUT2D eigenvalue weighted by Gasteiger charge is 2.61. The molecule has 2 fully saturated rings. The van der Waals surface area contributed by atoms with E-state index in [0.29, 0.717) is 25.7 Å². The number of ether oxygens (including phenoxy) is 2. The van der Waals surface area contributed by atoms with Crippen LogP contribution in [-0.2, 0) is 23.9 Å². The van der Waals surface area contributed by atoms with E-state index in [4.69, 9.17) is 9.47 Å². The number of carbonyl (C=O) groups excluding carboxylic acids is 3. The standard InChI is InChI=1S/C19H30O6/c1-11(10-24-12(2)20)14-6-8-18(4)15(22)7-9-19(5,23)17(18)16(14)25-13(3)21/h11,14,16-17,23H,6-10H2,1-5H3/t11-,14+,16+,17?,18+,19-/m1/s1. The third-order valence-electron chi connectivity index (χ3n) is 6.18. The van der Waals surface area contributed by atoms with Crippen LogP contribution in [-0.4, -0.2) is 41.1 Å². The lowest BCUT2D eigenvalue weighted by Crippen LogP contribution is -2.63. The van der Waals surface area contributed by atoms with E-state index < -0.39 is 29.0 Å². The summed E-state index contributed by atoms with van der Waals surface area (Å²) < 4.78 is 10.8. The zero-order valence-electron chi connectivity index (χ0n) is 15.8. The molecule has 2 saturated carbocycles. The van der Waals surface area contributed by atoms with Gasteiger partial charge in [-0.2, -0.15) is 0 Å². The van der Waals surface area contributed by atoms with Gasteiger partial charge in [0.05, 0.1) is 12.2 Å². The Morgan fingerprint density at radius 3 is 2.44 bits per heavy atom. The van der Waals surface area contributed by atoms with E-state index >= 15 is 0 Å². The van der Waals surface area contributed by atoms with Gasteiger partial charge in [-0.05, 0) is 32.1 Å². The fraction of sp³-hybridized carbons (Fsp3) is 0.842. The van der Waals surface area contributed by atoms with Crippen molar-refractivity contribution in [1.29, 1.82) is 0 Å². The topological polar surface area (TPSA) is 89.9 Å². The molecule has 6 nitrogen and oxygen atoms in total. The van der Waals surface area contributed by atoms with E-state index in [-0.39, 0.29) is 30.2 Å². The van der Waals surface area contributed by atoms with Gasteiger partial charge in [-0.15, -0.1) is 0 Å².